The first-order valence-corrected chi connectivity index (χ1v) is 9.45. The molecule has 1 fully saturated rings. The van der Waals surface area contributed by atoms with Crippen molar-refractivity contribution in [3.05, 3.63) is 35.2 Å². The lowest BCUT2D eigenvalue weighted by Gasteiger charge is -2.35. The number of anilines is 1. The van der Waals surface area contributed by atoms with Gasteiger partial charge in [0.25, 0.3) is 0 Å². The number of nitrogens with one attached hydrogen (secondary N) is 1. The molecule has 8 nitrogen and oxygen atoms in total. The summed E-state index contributed by atoms with van der Waals surface area (Å²) in [6.45, 7) is 5.39. The number of piperazine rings is 1. The first-order chi connectivity index (χ1) is 12.6. The van der Waals surface area contributed by atoms with Gasteiger partial charge < -0.3 is 15.1 Å². The van der Waals surface area contributed by atoms with Crippen molar-refractivity contribution in [2.75, 3.05) is 31.1 Å². The van der Waals surface area contributed by atoms with Crippen LogP contribution >= 0.6 is 11.3 Å². The zero-order valence-electron chi connectivity index (χ0n) is 14.8. The molecule has 1 aliphatic heterocycles. The summed E-state index contributed by atoms with van der Waals surface area (Å²) in [7, 11) is 1.90. The van der Waals surface area contributed by atoms with Gasteiger partial charge in [-0.05, 0) is 18.4 Å². The Morgan fingerprint density at radius 2 is 2.08 bits per heavy atom. The molecule has 1 aliphatic rings. The normalized spacial score (nSPS) is 14.8. The molecule has 1 N–H and O–H groups in total. The van der Waals surface area contributed by atoms with Crippen molar-refractivity contribution in [2.45, 2.75) is 13.5 Å². The molecule has 4 rings (SSSR count). The van der Waals surface area contributed by atoms with E-state index in [2.05, 4.69) is 25.3 Å². The van der Waals surface area contributed by atoms with E-state index in [1.54, 1.807) is 23.9 Å². The summed E-state index contributed by atoms with van der Waals surface area (Å²) in [5, 5.41) is 9.23. The van der Waals surface area contributed by atoms with Gasteiger partial charge in [-0.15, -0.1) is 11.3 Å². The molecule has 2 amide bonds. The first kappa shape index (κ1) is 16.8. The number of rotatable bonds is 3. The van der Waals surface area contributed by atoms with E-state index in [9.17, 15) is 4.79 Å². The van der Waals surface area contributed by atoms with E-state index in [0.29, 0.717) is 19.6 Å². The number of hydrogen-bond acceptors (Lipinski definition) is 6. The first-order valence-electron chi connectivity index (χ1n) is 8.57. The predicted octanol–water partition coefficient (Wildman–Crippen LogP) is 1.77. The SMILES string of the molecule is Cc1c(CNC(=O)N2CCN(c3ncnc4ccsc34)CC2)cnn1C. The van der Waals surface area contributed by atoms with Crippen LogP contribution in [0.5, 0.6) is 0 Å². The summed E-state index contributed by atoms with van der Waals surface area (Å²) in [5.74, 6) is 0.969. The third kappa shape index (κ3) is 3.10. The highest BCUT2D eigenvalue weighted by molar-refractivity contribution is 7.17. The smallest absolute Gasteiger partial charge is 0.317 e. The Hall–Kier alpha value is -2.68. The predicted molar refractivity (Wildman–Crippen MR) is 101 cm³/mol. The largest absolute Gasteiger partial charge is 0.352 e. The standard InChI is InChI=1S/C17H21N7OS/c1-12-13(10-21-22(12)2)9-18-17(25)24-6-4-23(5-7-24)16-15-14(3-8-26-15)19-11-20-16/h3,8,10-11H,4-7,9H2,1-2H3,(H,18,25). The number of nitrogens with zero attached hydrogens (tertiary/aromatic N) is 6. The van der Waals surface area contributed by atoms with E-state index in [4.69, 9.17) is 0 Å². The summed E-state index contributed by atoms with van der Waals surface area (Å²) < 4.78 is 2.92. The number of thiophene rings is 1. The summed E-state index contributed by atoms with van der Waals surface area (Å²) in [6.07, 6.45) is 3.41. The molecule has 3 aromatic heterocycles. The summed E-state index contributed by atoms with van der Waals surface area (Å²) in [4.78, 5) is 25.3. The molecule has 3 aromatic rings. The molecule has 0 bridgehead atoms. The van der Waals surface area contributed by atoms with Gasteiger partial charge in [-0.25, -0.2) is 14.8 Å². The van der Waals surface area contributed by atoms with E-state index >= 15 is 0 Å². The maximum atomic E-state index is 12.4. The van der Waals surface area contributed by atoms with Gasteiger partial charge in [0.05, 0.1) is 16.4 Å². The lowest BCUT2D eigenvalue weighted by atomic mass is 10.2. The fourth-order valence-corrected chi connectivity index (χ4v) is 3.98. The number of urea groups is 1. The van der Waals surface area contributed by atoms with Crippen LogP contribution < -0.4 is 10.2 Å². The minimum Gasteiger partial charge on any atom is -0.352 e. The molecule has 136 valence electrons. The van der Waals surface area contributed by atoms with Crippen molar-refractivity contribution in [1.82, 2.24) is 30.0 Å². The molecule has 0 radical (unpaired) electrons. The fraction of sp³-hybridized carbons (Fsp3) is 0.412. The average molecular weight is 371 g/mol. The lowest BCUT2D eigenvalue weighted by molar-refractivity contribution is 0.194. The second kappa shape index (κ2) is 6.91. The minimum atomic E-state index is -0.0307. The number of fused-ring (bicyclic) bond motifs is 1. The van der Waals surface area contributed by atoms with Crippen LogP contribution in [0.2, 0.25) is 0 Å². The average Bonchev–Trinajstić information content (AvgIpc) is 3.27. The van der Waals surface area contributed by atoms with Crippen LogP contribution in [0.4, 0.5) is 10.6 Å². The second-order valence-corrected chi connectivity index (χ2v) is 7.26. The molecule has 9 heteroatoms. The lowest BCUT2D eigenvalue weighted by Crippen LogP contribution is -2.52. The van der Waals surface area contributed by atoms with Crippen LogP contribution in [0.25, 0.3) is 10.2 Å². The van der Waals surface area contributed by atoms with Crippen molar-refractivity contribution in [3.63, 3.8) is 0 Å². The summed E-state index contributed by atoms with van der Waals surface area (Å²) in [5.41, 5.74) is 3.09. The van der Waals surface area contributed by atoms with Crippen molar-refractivity contribution in [1.29, 1.82) is 0 Å². The molecular formula is C17H21N7OS. The number of hydrogen-bond donors (Lipinski definition) is 1. The number of carbonyl (C=O) groups is 1. The number of aryl methyl sites for hydroxylation is 1. The number of amides is 2. The van der Waals surface area contributed by atoms with Crippen LogP contribution in [0.15, 0.2) is 24.0 Å². The van der Waals surface area contributed by atoms with E-state index in [-0.39, 0.29) is 6.03 Å². The molecular weight excluding hydrogens is 350 g/mol. The van der Waals surface area contributed by atoms with E-state index in [1.165, 1.54) is 0 Å². The monoisotopic (exact) mass is 371 g/mol. The molecule has 0 saturated carbocycles. The topological polar surface area (TPSA) is 79.2 Å². The van der Waals surface area contributed by atoms with Crippen LogP contribution in [0.3, 0.4) is 0 Å². The summed E-state index contributed by atoms with van der Waals surface area (Å²) in [6, 6.07) is 1.98. The molecule has 0 atom stereocenters. The second-order valence-electron chi connectivity index (χ2n) is 6.34. The van der Waals surface area contributed by atoms with Crippen molar-refractivity contribution in [2.24, 2.45) is 7.05 Å². The third-order valence-corrected chi connectivity index (χ3v) is 5.76. The maximum absolute atomic E-state index is 12.4. The quantitative estimate of drug-likeness (QED) is 0.759. The molecule has 1 saturated heterocycles. The third-order valence-electron chi connectivity index (χ3n) is 4.86. The van der Waals surface area contributed by atoms with Crippen LogP contribution in [-0.4, -0.2) is 56.9 Å². The van der Waals surface area contributed by atoms with Gasteiger partial charge in [0.2, 0.25) is 0 Å². The van der Waals surface area contributed by atoms with Gasteiger partial charge in [0.15, 0.2) is 0 Å². The Labute approximate surface area is 155 Å². The van der Waals surface area contributed by atoms with Crippen molar-refractivity contribution in [3.8, 4) is 0 Å². The van der Waals surface area contributed by atoms with E-state index < -0.39 is 0 Å². The van der Waals surface area contributed by atoms with Crippen LogP contribution in [0.1, 0.15) is 11.3 Å². The highest BCUT2D eigenvalue weighted by Crippen LogP contribution is 2.28. The van der Waals surface area contributed by atoms with Gasteiger partial charge in [0.1, 0.15) is 12.1 Å². The van der Waals surface area contributed by atoms with Gasteiger partial charge in [-0.2, -0.15) is 5.10 Å². The molecule has 0 aromatic carbocycles. The fourth-order valence-electron chi connectivity index (χ4n) is 3.12. The molecule has 0 unspecified atom stereocenters. The van der Waals surface area contributed by atoms with Crippen LogP contribution in [0, 0.1) is 6.92 Å². The van der Waals surface area contributed by atoms with E-state index in [0.717, 1.165) is 40.4 Å². The van der Waals surface area contributed by atoms with Crippen molar-refractivity contribution >= 4 is 33.4 Å². The van der Waals surface area contributed by atoms with Crippen LogP contribution in [-0.2, 0) is 13.6 Å². The zero-order chi connectivity index (χ0) is 18.1. The Morgan fingerprint density at radius 1 is 1.27 bits per heavy atom. The Morgan fingerprint density at radius 3 is 2.81 bits per heavy atom. The number of carbonyl (C=O) groups excluding carboxylic acids is 1. The maximum Gasteiger partial charge on any atom is 0.317 e. The van der Waals surface area contributed by atoms with Crippen molar-refractivity contribution < 1.29 is 4.79 Å². The Bertz CT molecular complexity index is 926. The Kier molecular flexibility index (Phi) is 4.46. The highest BCUT2D eigenvalue weighted by atomic mass is 32.1. The van der Waals surface area contributed by atoms with Gasteiger partial charge >= 0.3 is 6.03 Å². The highest BCUT2D eigenvalue weighted by Gasteiger charge is 2.23. The van der Waals surface area contributed by atoms with Gasteiger partial charge in [-0.1, -0.05) is 0 Å². The Balaban J connectivity index is 1.35. The number of aromatic nitrogens is 4. The van der Waals surface area contributed by atoms with Gasteiger partial charge in [0, 0.05) is 51.0 Å². The minimum absolute atomic E-state index is 0.0307. The summed E-state index contributed by atoms with van der Waals surface area (Å²) >= 11 is 1.66. The molecule has 26 heavy (non-hydrogen) atoms. The molecule has 0 spiro atoms. The van der Waals surface area contributed by atoms with E-state index in [1.807, 2.05) is 35.0 Å². The van der Waals surface area contributed by atoms with Gasteiger partial charge in [-0.3, -0.25) is 4.68 Å². The molecule has 0 aliphatic carbocycles. The zero-order valence-corrected chi connectivity index (χ0v) is 15.7. The molecule has 4 heterocycles.